The van der Waals surface area contributed by atoms with Crippen LogP contribution in [0.1, 0.15) is 23.1 Å². The smallest absolute Gasteiger partial charge is 0.146 e. The lowest BCUT2D eigenvalue weighted by atomic mass is 10.1. The first-order valence-electron chi connectivity index (χ1n) is 7.37. The van der Waals surface area contributed by atoms with Crippen molar-refractivity contribution >= 4 is 5.69 Å². The standard InChI is InChI=1S/C18H23FN2/c1-14-10-15(2)12-16(11-14)13-21(9-5-8-20)18-7-4-3-6-17(18)19/h3-4,6-7,10-12H,5,8-9,13,20H2,1-2H3. The predicted octanol–water partition coefficient (Wildman–Crippen LogP) is 3.80. The van der Waals surface area contributed by atoms with Crippen LogP contribution in [-0.2, 0) is 6.54 Å². The molecular weight excluding hydrogens is 263 g/mol. The summed E-state index contributed by atoms with van der Waals surface area (Å²) in [5, 5.41) is 0. The molecule has 21 heavy (non-hydrogen) atoms. The van der Waals surface area contributed by atoms with Crippen LogP contribution in [0, 0.1) is 19.7 Å². The maximum atomic E-state index is 14.1. The average Bonchev–Trinajstić information content (AvgIpc) is 2.43. The first kappa shape index (κ1) is 15.5. The highest BCUT2D eigenvalue weighted by Crippen LogP contribution is 2.22. The Labute approximate surface area is 126 Å². The van der Waals surface area contributed by atoms with E-state index in [0.29, 0.717) is 18.8 Å². The van der Waals surface area contributed by atoms with Gasteiger partial charge >= 0.3 is 0 Å². The number of hydrogen-bond donors (Lipinski definition) is 1. The molecule has 3 heteroatoms. The Kier molecular flexibility index (Phi) is 5.34. The molecule has 0 saturated heterocycles. The van der Waals surface area contributed by atoms with Gasteiger partial charge in [-0.05, 0) is 44.5 Å². The maximum Gasteiger partial charge on any atom is 0.146 e. The van der Waals surface area contributed by atoms with Crippen molar-refractivity contribution in [2.75, 3.05) is 18.0 Å². The molecule has 0 atom stereocenters. The molecule has 2 nitrogen and oxygen atoms in total. The summed E-state index contributed by atoms with van der Waals surface area (Å²) in [4.78, 5) is 2.07. The van der Waals surface area contributed by atoms with Crippen molar-refractivity contribution in [2.45, 2.75) is 26.8 Å². The van der Waals surface area contributed by atoms with E-state index in [1.54, 1.807) is 6.07 Å². The van der Waals surface area contributed by atoms with Gasteiger partial charge in [0.1, 0.15) is 5.82 Å². The zero-order chi connectivity index (χ0) is 15.2. The van der Waals surface area contributed by atoms with Gasteiger partial charge in [0.05, 0.1) is 5.69 Å². The molecular formula is C18H23FN2. The minimum atomic E-state index is -0.182. The number of nitrogens with zero attached hydrogens (tertiary/aromatic N) is 1. The number of halogens is 1. The minimum Gasteiger partial charge on any atom is -0.365 e. The van der Waals surface area contributed by atoms with E-state index in [2.05, 4.69) is 36.9 Å². The lowest BCUT2D eigenvalue weighted by Gasteiger charge is -2.25. The normalized spacial score (nSPS) is 10.7. The molecule has 0 saturated carbocycles. The predicted molar refractivity (Wildman–Crippen MR) is 87.0 cm³/mol. The Hall–Kier alpha value is -1.87. The van der Waals surface area contributed by atoms with Gasteiger partial charge in [0.25, 0.3) is 0 Å². The van der Waals surface area contributed by atoms with Gasteiger partial charge in [0.15, 0.2) is 0 Å². The van der Waals surface area contributed by atoms with Crippen LogP contribution in [0.25, 0.3) is 0 Å². The zero-order valence-corrected chi connectivity index (χ0v) is 12.8. The number of para-hydroxylation sites is 1. The summed E-state index contributed by atoms with van der Waals surface area (Å²) in [5.41, 5.74) is 9.93. The second-order valence-corrected chi connectivity index (χ2v) is 5.51. The fraction of sp³-hybridized carbons (Fsp3) is 0.333. The summed E-state index contributed by atoms with van der Waals surface area (Å²) < 4.78 is 14.1. The first-order valence-corrected chi connectivity index (χ1v) is 7.37. The van der Waals surface area contributed by atoms with Gasteiger partial charge in [-0.15, -0.1) is 0 Å². The molecule has 0 aromatic heterocycles. The fourth-order valence-electron chi connectivity index (χ4n) is 2.66. The molecule has 2 rings (SSSR count). The Balaban J connectivity index is 2.26. The van der Waals surface area contributed by atoms with Crippen molar-refractivity contribution in [3.05, 3.63) is 65.0 Å². The highest BCUT2D eigenvalue weighted by atomic mass is 19.1. The number of benzene rings is 2. The van der Waals surface area contributed by atoms with Crippen molar-refractivity contribution in [1.82, 2.24) is 0 Å². The first-order chi connectivity index (χ1) is 10.1. The van der Waals surface area contributed by atoms with Gasteiger partial charge in [-0.25, -0.2) is 4.39 Å². The number of hydrogen-bond acceptors (Lipinski definition) is 2. The molecule has 2 aromatic rings. The minimum absolute atomic E-state index is 0.182. The average molecular weight is 286 g/mol. The highest BCUT2D eigenvalue weighted by Gasteiger charge is 2.11. The quantitative estimate of drug-likeness (QED) is 0.875. The number of rotatable bonds is 6. The number of nitrogens with two attached hydrogens (primary N) is 1. The van der Waals surface area contributed by atoms with E-state index in [0.717, 1.165) is 13.0 Å². The molecule has 0 heterocycles. The van der Waals surface area contributed by atoms with Gasteiger partial charge in [-0.1, -0.05) is 41.5 Å². The molecule has 2 aromatic carbocycles. The van der Waals surface area contributed by atoms with E-state index >= 15 is 0 Å². The van der Waals surface area contributed by atoms with Crippen LogP contribution in [0.4, 0.5) is 10.1 Å². The van der Waals surface area contributed by atoms with E-state index in [-0.39, 0.29) is 5.82 Å². The van der Waals surface area contributed by atoms with Crippen LogP contribution in [-0.4, -0.2) is 13.1 Å². The zero-order valence-electron chi connectivity index (χ0n) is 12.8. The van der Waals surface area contributed by atoms with E-state index < -0.39 is 0 Å². The second-order valence-electron chi connectivity index (χ2n) is 5.51. The van der Waals surface area contributed by atoms with Crippen LogP contribution < -0.4 is 10.6 Å². The Morgan fingerprint density at radius 1 is 1.05 bits per heavy atom. The summed E-state index contributed by atoms with van der Waals surface area (Å²) in [5.74, 6) is -0.182. The third-order valence-electron chi connectivity index (χ3n) is 3.48. The third-order valence-corrected chi connectivity index (χ3v) is 3.48. The molecule has 0 bridgehead atoms. The Morgan fingerprint density at radius 2 is 1.71 bits per heavy atom. The second kappa shape index (κ2) is 7.23. The Bertz CT molecular complexity index is 575. The third kappa shape index (κ3) is 4.30. The van der Waals surface area contributed by atoms with E-state index in [1.165, 1.54) is 22.8 Å². The fourth-order valence-corrected chi connectivity index (χ4v) is 2.66. The summed E-state index contributed by atoms with van der Waals surface area (Å²) in [6.45, 7) is 6.24. The largest absolute Gasteiger partial charge is 0.365 e. The van der Waals surface area contributed by atoms with Crippen LogP contribution in [0.3, 0.4) is 0 Å². The van der Waals surface area contributed by atoms with Crippen LogP contribution in [0.5, 0.6) is 0 Å². The van der Waals surface area contributed by atoms with Crippen molar-refractivity contribution in [1.29, 1.82) is 0 Å². The van der Waals surface area contributed by atoms with Gasteiger partial charge in [0, 0.05) is 13.1 Å². The van der Waals surface area contributed by atoms with Crippen molar-refractivity contribution < 1.29 is 4.39 Å². The van der Waals surface area contributed by atoms with Crippen LogP contribution in [0.15, 0.2) is 42.5 Å². The molecule has 112 valence electrons. The molecule has 0 fully saturated rings. The van der Waals surface area contributed by atoms with Crippen molar-refractivity contribution in [3.8, 4) is 0 Å². The van der Waals surface area contributed by atoms with E-state index in [1.807, 2.05) is 12.1 Å². The molecule has 0 aliphatic rings. The lowest BCUT2D eigenvalue weighted by Crippen LogP contribution is -2.26. The number of aryl methyl sites for hydroxylation is 2. The molecule has 0 aliphatic heterocycles. The maximum absolute atomic E-state index is 14.1. The molecule has 0 radical (unpaired) electrons. The van der Waals surface area contributed by atoms with Crippen molar-refractivity contribution in [3.63, 3.8) is 0 Å². The van der Waals surface area contributed by atoms with Crippen molar-refractivity contribution in [2.24, 2.45) is 5.73 Å². The highest BCUT2D eigenvalue weighted by molar-refractivity contribution is 5.48. The van der Waals surface area contributed by atoms with Gasteiger partial charge in [-0.3, -0.25) is 0 Å². The molecule has 0 amide bonds. The summed E-state index contributed by atoms with van der Waals surface area (Å²) >= 11 is 0. The SMILES string of the molecule is Cc1cc(C)cc(CN(CCCN)c2ccccc2F)c1. The van der Waals surface area contributed by atoms with E-state index in [9.17, 15) is 4.39 Å². The monoisotopic (exact) mass is 286 g/mol. The molecule has 0 unspecified atom stereocenters. The Morgan fingerprint density at radius 3 is 2.33 bits per heavy atom. The topological polar surface area (TPSA) is 29.3 Å². The van der Waals surface area contributed by atoms with Gasteiger partial charge in [-0.2, -0.15) is 0 Å². The van der Waals surface area contributed by atoms with Crippen LogP contribution in [0.2, 0.25) is 0 Å². The number of anilines is 1. The van der Waals surface area contributed by atoms with Gasteiger partial charge in [0.2, 0.25) is 0 Å². The summed E-state index contributed by atoms with van der Waals surface area (Å²) in [7, 11) is 0. The van der Waals surface area contributed by atoms with Gasteiger partial charge < -0.3 is 10.6 Å². The summed E-state index contributed by atoms with van der Waals surface area (Å²) in [6, 6.07) is 13.4. The molecule has 0 aliphatic carbocycles. The van der Waals surface area contributed by atoms with E-state index in [4.69, 9.17) is 5.73 Å². The summed E-state index contributed by atoms with van der Waals surface area (Å²) in [6.07, 6.45) is 0.846. The molecule has 0 spiro atoms. The lowest BCUT2D eigenvalue weighted by molar-refractivity contribution is 0.612. The van der Waals surface area contributed by atoms with Crippen LogP contribution >= 0.6 is 0 Å². The molecule has 2 N–H and O–H groups in total.